The van der Waals surface area contributed by atoms with Gasteiger partial charge in [-0.05, 0) is 25.1 Å². The van der Waals surface area contributed by atoms with Crippen LogP contribution in [0.25, 0.3) is 10.9 Å². The molecule has 0 saturated heterocycles. The van der Waals surface area contributed by atoms with Gasteiger partial charge in [0.25, 0.3) is 0 Å². The van der Waals surface area contributed by atoms with E-state index in [1.165, 1.54) is 0 Å². The van der Waals surface area contributed by atoms with Gasteiger partial charge in [0.1, 0.15) is 5.76 Å². The van der Waals surface area contributed by atoms with Gasteiger partial charge < -0.3 is 4.74 Å². The van der Waals surface area contributed by atoms with E-state index in [-0.39, 0.29) is 0 Å². The standard InChI is InChI=1S/C14H12ClN3O/c1-3-5-10(6-4-2)19-13-8-7-11-12(17-13)9-16-18-14(11)15/h3-9H,1H2,2H3. The van der Waals surface area contributed by atoms with Gasteiger partial charge in [0, 0.05) is 11.5 Å². The van der Waals surface area contributed by atoms with Gasteiger partial charge in [0.05, 0.1) is 11.7 Å². The zero-order chi connectivity index (χ0) is 13.7. The van der Waals surface area contributed by atoms with Gasteiger partial charge in [-0.3, -0.25) is 0 Å². The molecule has 2 rings (SSSR count). The van der Waals surface area contributed by atoms with Gasteiger partial charge in [-0.1, -0.05) is 30.3 Å². The molecule has 96 valence electrons. The molecule has 19 heavy (non-hydrogen) atoms. The van der Waals surface area contributed by atoms with Crippen LogP contribution in [-0.4, -0.2) is 15.2 Å². The molecule has 0 saturated carbocycles. The highest BCUT2D eigenvalue weighted by molar-refractivity contribution is 6.33. The van der Waals surface area contributed by atoms with Crippen LogP contribution < -0.4 is 4.74 Å². The first-order chi connectivity index (χ1) is 9.24. The Morgan fingerprint density at radius 2 is 2.26 bits per heavy atom. The lowest BCUT2D eigenvalue weighted by molar-refractivity contribution is 0.428. The van der Waals surface area contributed by atoms with Crippen molar-refractivity contribution in [3.63, 3.8) is 0 Å². The summed E-state index contributed by atoms with van der Waals surface area (Å²) < 4.78 is 5.64. The third kappa shape index (κ3) is 3.17. The van der Waals surface area contributed by atoms with E-state index in [1.807, 2.05) is 19.1 Å². The van der Waals surface area contributed by atoms with Crippen molar-refractivity contribution in [2.75, 3.05) is 0 Å². The van der Waals surface area contributed by atoms with Crippen molar-refractivity contribution in [3.05, 3.63) is 60.1 Å². The first kappa shape index (κ1) is 13.2. The first-order valence-corrected chi connectivity index (χ1v) is 6.03. The molecule has 0 N–H and O–H groups in total. The fraction of sp³-hybridized carbons (Fsp3) is 0.0714. The predicted molar refractivity (Wildman–Crippen MR) is 76.1 cm³/mol. The van der Waals surface area contributed by atoms with E-state index in [1.54, 1.807) is 30.5 Å². The number of allylic oxidation sites excluding steroid dienone is 4. The van der Waals surface area contributed by atoms with E-state index in [0.29, 0.717) is 22.3 Å². The average molecular weight is 274 g/mol. The van der Waals surface area contributed by atoms with E-state index in [4.69, 9.17) is 16.3 Å². The van der Waals surface area contributed by atoms with Crippen LogP contribution in [0, 0.1) is 0 Å². The summed E-state index contributed by atoms with van der Waals surface area (Å²) in [6, 6.07) is 3.53. The summed E-state index contributed by atoms with van der Waals surface area (Å²) in [5.41, 5.74) is 0.635. The molecule has 0 bridgehead atoms. The Morgan fingerprint density at radius 1 is 1.42 bits per heavy atom. The minimum Gasteiger partial charge on any atom is -0.439 e. The summed E-state index contributed by atoms with van der Waals surface area (Å²) in [6.07, 6.45) is 8.65. The molecule has 0 aliphatic carbocycles. The van der Waals surface area contributed by atoms with Gasteiger partial charge in [0.15, 0.2) is 5.15 Å². The molecular formula is C14H12ClN3O. The molecule has 5 heteroatoms. The number of rotatable bonds is 4. The number of fused-ring (bicyclic) bond motifs is 1. The van der Waals surface area contributed by atoms with E-state index in [0.717, 1.165) is 5.39 Å². The van der Waals surface area contributed by atoms with E-state index >= 15 is 0 Å². The maximum absolute atomic E-state index is 5.92. The third-order valence-electron chi connectivity index (χ3n) is 2.28. The zero-order valence-corrected chi connectivity index (χ0v) is 11.1. The summed E-state index contributed by atoms with van der Waals surface area (Å²) in [5.74, 6) is 1.11. The van der Waals surface area contributed by atoms with Crippen LogP contribution in [0.15, 0.2) is 55.0 Å². The summed E-state index contributed by atoms with van der Waals surface area (Å²) in [4.78, 5) is 4.32. The van der Waals surface area contributed by atoms with Crippen LogP contribution in [0.1, 0.15) is 6.92 Å². The van der Waals surface area contributed by atoms with Crippen LogP contribution in [0.3, 0.4) is 0 Å². The zero-order valence-electron chi connectivity index (χ0n) is 10.4. The lowest BCUT2D eigenvalue weighted by Gasteiger charge is -2.06. The highest BCUT2D eigenvalue weighted by atomic mass is 35.5. The molecule has 2 aromatic rings. The fourth-order valence-corrected chi connectivity index (χ4v) is 1.70. The summed E-state index contributed by atoms with van der Waals surface area (Å²) >= 11 is 5.92. The number of hydrogen-bond donors (Lipinski definition) is 0. The monoisotopic (exact) mass is 273 g/mol. The molecule has 4 nitrogen and oxygen atoms in total. The van der Waals surface area contributed by atoms with Crippen LogP contribution >= 0.6 is 11.6 Å². The minimum absolute atomic E-state index is 0.326. The molecule has 0 atom stereocenters. The van der Waals surface area contributed by atoms with E-state index in [2.05, 4.69) is 21.8 Å². The summed E-state index contributed by atoms with van der Waals surface area (Å²) in [6.45, 7) is 5.55. The van der Waals surface area contributed by atoms with Crippen molar-refractivity contribution >= 4 is 22.5 Å². The highest BCUT2D eigenvalue weighted by Crippen LogP contribution is 2.22. The number of hydrogen-bond acceptors (Lipinski definition) is 4. The average Bonchev–Trinajstić information content (AvgIpc) is 2.39. The maximum atomic E-state index is 5.92. The van der Waals surface area contributed by atoms with Gasteiger partial charge in [-0.15, -0.1) is 5.10 Å². The molecule has 0 aliphatic heterocycles. The molecule has 0 amide bonds. The van der Waals surface area contributed by atoms with Crippen LogP contribution in [0.2, 0.25) is 5.15 Å². The smallest absolute Gasteiger partial charge is 0.219 e. The summed E-state index contributed by atoms with van der Waals surface area (Å²) in [7, 11) is 0. The molecule has 2 aromatic heterocycles. The molecule has 0 fully saturated rings. The van der Waals surface area contributed by atoms with Crippen molar-refractivity contribution in [1.29, 1.82) is 0 Å². The van der Waals surface area contributed by atoms with Gasteiger partial charge in [0.2, 0.25) is 5.88 Å². The molecule has 0 radical (unpaired) electrons. The number of nitrogens with zero attached hydrogens (tertiary/aromatic N) is 3. The van der Waals surface area contributed by atoms with E-state index < -0.39 is 0 Å². The SMILES string of the molecule is C=CC=C(C=CC)Oc1ccc2c(Cl)nncc2n1. The molecule has 0 unspecified atom stereocenters. The van der Waals surface area contributed by atoms with Crippen molar-refractivity contribution in [2.45, 2.75) is 6.92 Å². The maximum Gasteiger partial charge on any atom is 0.219 e. The second kappa shape index (κ2) is 6.11. The third-order valence-corrected chi connectivity index (χ3v) is 2.56. The minimum atomic E-state index is 0.326. The highest BCUT2D eigenvalue weighted by Gasteiger charge is 2.05. The van der Waals surface area contributed by atoms with Crippen molar-refractivity contribution in [3.8, 4) is 5.88 Å². The van der Waals surface area contributed by atoms with Crippen LogP contribution in [0.4, 0.5) is 0 Å². The molecular weight excluding hydrogens is 262 g/mol. The Bertz CT molecular complexity index is 665. The van der Waals surface area contributed by atoms with Crippen LogP contribution in [-0.2, 0) is 0 Å². The largest absolute Gasteiger partial charge is 0.439 e. The van der Waals surface area contributed by atoms with E-state index in [9.17, 15) is 0 Å². The molecule has 0 spiro atoms. The lowest BCUT2D eigenvalue weighted by Crippen LogP contribution is -1.95. The molecule has 0 aromatic carbocycles. The Morgan fingerprint density at radius 3 is 3.00 bits per heavy atom. The van der Waals surface area contributed by atoms with Gasteiger partial charge >= 0.3 is 0 Å². The Balaban J connectivity index is 2.36. The number of ether oxygens (including phenoxy) is 1. The Hall–Kier alpha value is -2.20. The fourth-order valence-electron chi connectivity index (χ4n) is 1.50. The number of aromatic nitrogens is 3. The Labute approximate surface area is 116 Å². The molecule has 2 heterocycles. The topological polar surface area (TPSA) is 47.9 Å². The number of halogens is 1. The second-order valence-electron chi connectivity index (χ2n) is 3.62. The second-order valence-corrected chi connectivity index (χ2v) is 3.98. The summed E-state index contributed by atoms with van der Waals surface area (Å²) in [5, 5.41) is 8.58. The molecule has 0 aliphatic rings. The lowest BCUT2D eigenvalue weighted by atomic mass is 10.3. The van der Waals surface area contributed by atoms with Crippen molar-refractivity contribution < 1.29 is 4.74 Å². The predicted octanol–water partition coefficient (Wildman–Crippen LogP) is 3.70. The van der Waals surface area contributed by atoms with Crippen molar-refractivity contribution in [2.24, 2.45) is 0 Å². The van der Waals surface area contributed by atoms with Gasteiger partial charge in [-0.25, -0.2) is 4.98 Å². The van der Waals surface area contributed by atoms with Crippen molar-refractivity contribution in [1.82, 2.24) is 15.2 Å². The quantitative estimate of drug-likeness (QED) is 0.629. The van der Waals surface area contributed by atoms with Gasteiger partial charge in [-0.2, -0.15) is 5.10 Å². The number of pyridine rings is 1. The normalized spacial score (nSPS) is 12.0. The van der Waals surface area contributed by atoms with Crippen LogP contribution in [0.5, 0.6) is 5.88 Å². The first-order valence-electron chi connectivity index (χ1n) is 5.66. The Kier molecular flexibility index (Phi) is 4.26.